The minimum absolute atomic E-state index is 0.0652. The third-order valence-corrected chi connectivity index (χ3v) is 5.72. The Bertz CT molecular complexity index is 858. The minimum Gasteiger partial charge on any atom is -0.351 e. The number of nitrogens with one attached hydrogen (secondary N) is 1. The summed E-state index contributed by atoms with van der Waals surface area (Å²) < 4.78 is 0. The molecule has 0 heterocycles. The lowest BCUT2D eigenvalue weighted by molar-refractivity contribution is -0.120. The molecule has 4 heteroatoms. The van der Waals surface area contributed by atoms with E-state index >= 15 is 0 Å². The monoisotopic (exact) mass is 369 g/mol. The average Bonchev–Trinajstić information content (AvgIpc) is 2.65. The zero-order valence-corrected chi connectivity index (χ0v) is 15.6. The summed E-state index contributed by atoms with van der Waals surface area (Å²) in [6.45, 7) is 2.57. The van der Waals surface area contributed by atoms with Crippen LogP contribution < -0.4 is 5.32 Å². The summed E-state index contributed by atoms with van der Waals surface area (Å²) in [5, 5.41) is 6.06. The van der Waals surface area contributed by atoms with Gasteiger partial charge in [-0.2, -0.15) is 0 Å². The topological polar surface area (TPSA) is 29.1 Å². The number of amides is 1. The van der Waals surface area contributed by atoms with Gasteiger partial charge < -0.3 is 5.32 Å². The third-order valence-electron chi connectivity index (χ3n) is 4.09. The minimum atomic E-state index is -0.115. The number of hydrogen-bond acceptors (Lipinski definition) is 2. The van der Waals surface area contributed by atoms with E-state index in [1.165, 1.54) is 10.8 Å². The van der Waals surface area contributed by atoms with Crippen LogP contribution in [0.1, 0.15) is 18.9 Å². The molecule has 128 valence electrons. The zero-order chi connectivity index (χ0) is 17.6. The summed E-state index contributed by atoms with van der Waals surface area (Å²) in [5.74, 6) is 0.0652. The number of hydrogen-bond donors (Lipinski definition) is 1. The van der Waals surface area contributed by atoms with Gasteiger partial charge in [0.25, 0.3) is 0 Å². The molecule has 0 unspecified atom stereocenters. The van der Waals surface area contributed by atoms with Gasteiger partial charge in [0.05, 0.1) is 5.25 Å². The average molecular weight is 370 g/mol. The Morgan fingerprint density at radius 1 is 1.04 bits per heavy atom. The predicted octanol–water partition coefficient (Wildman–Crippen LogP) is 5.68. The van der Waals surface area contributed by atoms with E-state index in [9.17, 15) is 4.79 Å². The first-order valence-electron chi connectivity index (χ1n) is 8.34. The first-order chi connectivity index (χ1) is 12.2. The van der Waals surface area contributed by atoms with Gasteiger partial charge in [-0.25, -0.2) is 0 Å². The molecule has 1 amide bonds. The summed E-state index contributed by atoms with van der Waals surface area (Å²) in [4.78, 5) is 13.6. The van der Waals surface area contributed by atoms with Crippen LogP contribution >= 0.6 is 23.4 Å². The first kappa shape index (κ1) is 17.8. The normalized spacial score (nSPS) is 12.1. The van der Waals surface area contributed by atoms with Gasteiger partial charge in [0.2, 0.25) is 5.91 Å². The van der Waals surface area contributed by atoms with Crippen molar-refractivity contribution in [3.8, 4) is 0 Å². The van der Waals surface area contributed by atoms with Crippen LogP contribution in [0.3, 0.4) is 0 Å². The van der Waals surface area contributed by atoms with E-state index in [1.807, 2.05) is 49.4 Å². The molecule has 0 radical (unpaired) electrons. The number of fused-ring (bicyclic) bond motifs is 1. The van der Waals surface area contributed by atoms with Crippen LogP contribution in [0.25, 0.3) is 10.8 Å². The van der Waals surface area contributed by atoms with E-state index in [1.54, 1.807) is 11.8 Å². The van der Waals surface area contributed by atoms with Crippen LogP contribution in [0.2, 0.25) is 5.02 Å². The van der Waals surface area contributed by atoms with E-state index in [0.29, 0.717) is 11.6 Å². The van der Waals surface area contributed by atoms with E-state index < -0.39 is 0 Å². The zero-order valence-electron chi connectivity index (χ0n) is 14.0. The molecule has 0 aliphatic heterocycles. The molecule has 0 bridgehead atoms. The van der Waals surface area contributed by atoms with Gasteiger partial charge in [-0.3, -0.25) is 4.79 Å². The molecule has 0 aliphatic rings. The van der Waals surface area contributed by atoms with Gasteiger partial charge in [0.1, 0.15) is 0 Å². The van der Waals surface area contributed by atoms with E-state index in [4.69, 9.17) is 11.6 Å². The molecule has 3 aromatic rings. The Labute approximate surface area is 157 Å². The molecule has 3 rings (SSSR count). The first-order valence-corrected chi connectivity index (χ1v) is 9.59. The van der Waals surface area contributed by atoms with Crippen molar-refractivity contribution < 1.29 is 4.79 Å². The fraction of sp³-hybridized carbons (Fsp3) is 0.190. The summed E-state index contributed by atoms with van der Waals surface area (Å²) in [6, 6.07) is 22.0. The lowest BCUT2D eigenvalue weighted by Crippen LogP contribution is -2.31. The molecule has 0 saturated carbocycles. The molecule has 0 aromatic heterocycles. The highest BCUT2D eigenvalue weighted by Gasteiger charge is 2.17. The van der Waals surface area contributed by atoms with E-state index in [-0.39, 0.29) is 11.2 Å². The van der Waals surface area contributed by atoms with Crippen LogP contribution in [0.4, 0.5) is 0 Å². The summed E-state index contributed by atoms with van der Waals surface area (Å²) in [5.41, 5.74) is 1.14. The highest BCUT2D eigenvalue weighted by Crippen LogP contribution is 2.27. The number of carbonyl (C=O) groups excluding carboxylic acids is 1. The number of thioether (sulfide) groups is 1. The fourth-order valence-electron chi connectivity index (χ4n) is 2.74. The van der Waals surface area contributed by atoms with Gasteiger partial charge in [-0.15, -0.1) is 11.8 Å². The van der Waals surface area contributed by atoms with E-state index in [2.05, 4.69) is 29.6 Å². The molecule has 0 fully saturated rings. The van der Waals surface area contributed by atoms with Crippen LogP contribution in [0.5, 0.6) is 0 Å². The predicted molar refractivity (Wildman–Crippen MR) is 107 cm³/mol. The highest BCUT2D eigenvalue weighted by atomic mass is 35.5. The fourth-order valence-corrected chi connectivity index (χ4v) is 3.85. The second-order valence-electron chi connectivity index (χ2n) is 5.82. The number of benzene rings is 3. The van der Waals surface area contributed by atoms with Crippen molar-refractivity contribution in [2.45, 2.75) is 30.0 Å². The van der Waals surface area contributed by atoms with Crippen molar-refractivity contribution >= 4 is 40.0 Å². The summed E-state index contributed by atoms with van der Waals surface area (Å²) in [6.07, 6.45) is 0.772. The van der Waals surface area contributed by atoms with Crippen molar-refractivity contribution in [1.29, 1.82) is 0 Å². The molecule has 0 aliphatic carbocycles. The van der Waals surface area contributed by atoms with Crippen molar-refractivity contribution in [2.75, 3.05) is 0 Å². The standard InChI is InChI=1S/C21H20ClNOS/c1-2-20(25-18-12-10-17(22)11-13-18)21(24)23-14-16-8-5-7-15-6-3-4-9-19(15)16/h3-13,20H,2,14H2,1H3,(H,23,24)/t20-/m1/s1. The van der Waals surface area contributed by atoms with Gasteiger partial charge in [-0.05, 0) is 47.0 Å². The largest absolute Gasteiger partial charge is 0.351 e. The number of carbonyl (C=O) groups is 1. The number of halogens is 1. The molecule has 1 N–H and O–H groups in total. The van der Waals surface area contributed by atoms with Crippen molar-refractivity contribution in [2.24, 2.45) is 0 Å². The van der Waals surface area contributed by atoms with Crippen LogP contribution in [-0.4, -0.2) is 11.2 Å². The summed E-state index contributed by atoms with van der Waals surface area (Å²) in [7, 11) is 0. The van der Waals surface area contributed by atoms with E-state index in [0.717, 1.165) is 16.9 Å². The quantitative estimate of drug-likeness (QED) is 0.566. The van der Waals surface area contributed by atoms with Crippen molar-refractivity contribution in [3.63, 3.8) is 0 Å². The summed E-state index contributed by atoms with van der Waals surface area (Å²) >= 11 is 7.49. The Morgan fingerprint density at radius 2 is 1.76 bits per heavy atom. The molecule has 2 nitrogen and oxygen atoms in total. The molecular formula is C21H20ClNOS. The molecule has 25 heavy (non-hydrogen) atoms. The van der Waals surface area contributed by atoms with Gasteiger partial charge in [0, 0.05) is 16.5 Å². The molecule has 1 atom stereocenters. The molecule has 0 spiro atoms. The Morgan fingerprint density at radius 3 is 2.52 bits per heavy atom. The lowest BCUT2D eigenvalue weighted by Gasteiger charge is -2.15. The van der Waals surface area contributed by atoms with Crippen molar-refractivity contribution in [1.82, 2.24) is 5.32 Å². The van der Waals surface area contributed by atoms with Crippen molar-refractivity contribution in [3.05, 3.63) is 77.3 Å². The Hall–Kier alpha value is -1.97. The maximum atomic E-state index is 12.6. The maximum Gasteiger partial charge on any atom is 0.233 e. The lowest BCUT2D eigenvalue weighted by atomic mass is 10.0. The number of rotatable bonds is 6. The van der Waals surface area contributed by atoms with Gasteiger partial charge in [0.15, 0.2) is 0 Å². The smallest absolute Gasteiger partial charge is 0.233 e. The second kappa shape index (κ2) is 8.41. The van der Waals surface area contributed by atoms with Crippen LogP contribution in [0, 0.1) is 0 Å². The third kappa shape index (κ3) is 4.56. The Balaban J connectivity index is 1.66. The molecular weight excluding hydrogens is 350 g/mol. The maximum absolute atomic E-state index is 12.6. The second-order valence-corrected chi connectivity index (χ2v) is 7.54. The molecule has 3 aromatic carbocycles. The Kier molecular flexibility index (Phi) is 6.00. The SMILES string of the molecule is CC[C@@H](Sc1ccc(Cl)cc1)C(=O)NCc1cccc2ccccc12. The van der Waals surface area contributed by atoms with Crippen LogP contribution in [-0.2, 0) is 11.3 Å². The highest BCUT2D eigenvalue weighted by molar-refractivity contribution is 8.00. The van der Waals surface area contributed by atoms with Crippen LogP contribution in [0.15, 0.2) is 71.6 Å². The molecule has 0 saturated heterocycles. The van der Waals surface area contributed by atoms with Gasteiger partial charge >= 0.3 is 0 Å². The van der Waals surface area contributed by atoms with Gasteiger partial charge in [-0.1, -0.05) is 61.0 Å².